The van der Waals surface area contributed by atoms with E-state index >= 15 is 0 Å². The zero-order valence-electron chi connectivity index (χ0n) is 10.7. The third-order valence-electron chi connectivity index (χ3n) is 3.92. The molecule has 3 rings (SSSR count). The Kier molecular flexibility index (Phi) is 4.18. The fraction of sp³-hybridized carbons (Fsp3) is 0.467. The van der Waals surface area contributed by atoms with E-state index in [0.717, 1.165) is 23.9 Å². The van der Waals surface area contributed by atoms with Gasteiger partial charge >= 0.3 is 0 Å². The highest BCUT2D eigenvalue weighted by Crippen LogP contribution is 2.44. The summed E-state index contributed by atoms with van der Waals surface area (Å²) < 4.78 is 8.22. The molecule has 0 spiro atoms. The Balaban J connectivity index is 1.98. The van der Waals surface area contributed by atoms with Crippen molar-refractivity contribution < 1.29 is 4.74 Å². The van der Waals surface area contributed by atoms with Crippen LogP contribution >= 0.6 is 38.9 Å². The molecular formula is C15H16BrClOS. The molecule has 1 nitrogen and oxygen atoms in total. The molecule has 1 fully saturated rings. The summed E-state index contributed by atoms with van der Waals surface area (Å²) in [6.07, 6.45) is 2.42. The van der Waals surface area contributed by atoms with E-state index in [1.54, 1.807) is 11.3 Å². The van der Waals surface area contributed by atoms with Gasteiger partial charge in [-0.2, -0.15) is 0 Å². The number of halogens is 2. The minimum absolute atomic E-state index is 0.0514. The first-order valence-corrected chi connectivity index (χ1v) is 8.74. The molecule has 0 N–H and O–H groups in total. The standard InChI is InChI=1S/C15H16BrClOS/c1-2-13-10(6-7-18-13)14(17)11-8-19-15-9(11)4-3-5-12(15)16/h3-5,8,10,13-14H,2,6-7H2,1H3. The SMILES string of the molecule is CCC1OCCC1C(Cl)c1csc2c(Br)cccc12. The average Bonchev–Trinajstić information content (AvgIpc) is 3.05. The summed E-state index contributed by atoms with van der Waals surface area (Å²) in [4.78, 5) is 0. The van der Waals surface area contributed by atoms with Crippen LogP contribution in [0.5, 0.6) is 0 Å². The van der Waals surface area contributed by atoms with Gasteiger partial charge in [0.25, 0.3) is 0 Å². The van der Waals surface area contributed by atoms with Crippen LogP contribution in [0.2, 0.25) is 0 Å². The Morgan fingerprint density at radius 2 is 2.37 bits per heavy atom. The first-order valence-electron chi connectivity index (χ1n) is 6.63. The Morgan fingerprint density at radius 1 is 1.53 bits per heavy atom. The Hall–Kier alpha value is -0.0900. The predicted octanol–water partition coefficient (Wildman–Crippen LogP) is 5.76. The molecule has 1 aromatic carbocycles. The molecule has 0 amide bonds. The monoisotopic (exact) mass is 358 g/mol. The molecule has 2 heterocycles. The third-order valence-corrected chi connectivity index (χ3v) is 6.45. The maximum Gasteiger partial charge on any atom is 0.0653 e. The molecule has 3 atom stereocenters. The zero-order chi connectivity index (χ0) is 13.4. The van der Waals surface area contributed by atoms with Crippen LogP contribution in [-0.4, -0.2) is 12.7 Å². The largest absolute Gasteiger partial charge is 0.378 e. The summed E-state index contributed by atoms with van der Waals surface area (Å²) in [6, 6.07) is 6.33. The summed E-state index contributed by atoms with van der Waals surface area (Å²) in [6.45, 7) is 3.02. The lowest BCUT2D eigenvalue weighted by atomic mass is 9.91. The number of hydrogen-bond donors (Lipinski definition) is 0. The lowest BCUT2D eigenvalue weighted by Gasteiger charge is -2.22. The minimum atomic E-state index is 0.0514. The van der Waals surface area contributed by atoms with Gasteiger partial charge in [0.1, 0.15) is 0 Å². The molecule has 1 aromatic heterocycles. The topological polar surface area (TPSA) is 9.23 Å². The summed E-state index contributed by atoms with van der Waals surface area (Å²) in [7, 11) is 0. The number of rotatable bonds is 3. The second-order valence-corrected chi connectivity index (χ2v) is 7.18. The number of fused-ring (bicyclic) bond motifs is 1. The second-order valence-electron chi connectivity index (χ2n) is 4.98. The van der Waals surface area contributed by atoms with Crippen molar-refractivity contribution in [3.63, 3.8) is 0 Å². The van der Waals surface area contributed by atoms with Gasteiger partial charge in [-0.25, -0.2) is 0 Å². The van der Waals surface area contributed by atoms with Crippen molar-refractivity contribution in [1.29, 1.82) is 0 Å². The fourth-order valence-corrected chi connectivity index (χ4v) is 5.11. The van der Waals surface area contributed by atoms with Crippen LogP contribution in [-0.2, 0) is 4.74 Å². The third kappa shape index (κ3) is 2.46. The highest BCUT2D eigenvalue weighted by Gasteiger charge is 2.34. The van der Waals surface area contributed by atoms with Crippen LogP contribution in [0, 0.1) is 5.92 Å². The lowest BCUT2D eigenvalue weighted by molar-refractivity contribution is 0.0865. The first kappa shape index (κ1) is 13.9. The van der Waals surface area contributed by atoms with Gasteiger partial charge in [-0.3, -0.25) is 0 Å². The van der Waals surface area contributed by atoms with Crippen LogP contribution in [0.15, 0.2) is 28.1 Å². The summed E-state index contributed by atoms with van der Waals surface area (Å²) in [5, 5.41) is 3.54. The Labute approximate surface area is 131 Å². The van der Waals surface area contributed by atoms with Crippen LogP contribution in [0.3, 0.4) is 0 Å². The molecule has 0 aliphatic carbocycles. The summed E-state index contributed by atoms with van der Waals surface area (Å²) in [5.41, 5.74) is 1.26. The Bertz CT molecular complexity index is 583. The second kappa shape index (κ2) is 5.72. The molecule has 19 heavy (non-hydrogen) atoms. The molecular weight excluding hydrogens is 344 g/mol. The molecule has 2 aromatic rings. The van der Waals surface area contributed by atoms with E-state index in [1.807, 2.05) is 0 Å². The van der Waals surface area contributed by atoms with Crippen molar-refractivity contribution in [2.24, 2.45) is 5.92 Å². The minimum Gasteiger partial charge on any atom is -0.378 e. The van der Waals surface area contributed by atoms with E-state index in [2.05, 4.69) is 46.4 Å². The number of hydrogen-bond acceptors (Lipinski definition) is 2. The lowest BCUT2D eigenvalue weighted by Crippen LogP contribution is -2.19. The van der Waals surface area contributed by atoms with Crippen LogP contribution in [0.1, 0.15) is 30.7 Å². The van der Waals surface area contributed by atoms with E-state index in [4.69, 9.17) is 16.3 Å². The van der Waals surface area contributed by atoms with Crippen molar-refractivity contribution in [3.8, 4) is 0 Å². The van der Waals surface area contributed by atoms with Gasteiger partial charge in [-0.1, -0.05) is 19.1 Å². The number of alkyl halides is 1. The molecule has 0 radical (unpaired) electrons. The van der Waals surface area contributed by atoms with E-state index in [-0.39, 0.29) is 5.38 Å². The molecule has 1 aliphatic heterocycles. The van der Waals surface area contributed by atoms with E-state index < -0.39 is 0 Å². The fourth-order valence-electron chi connectivity index (χ4n) is 2.91. The highest BCUT2D eigenvalue weighted by molar-refractivity contribution is 9.10. The average molecular weight is 360 g/mol. The number of thiophene rings is 1. The molecule has 3 unspecified atom stereocenters. The summed E-state index contributed by atoms with van der Waals surface area (Å²) in [5.74, 6) is 0.434. The molecule has 1 saturated heterocycles. The molecule has 1 aliphatic rings. The number of ether oxygens (including phenoxy) is 1. The van der Waals surface area contributed by atoms with Gasteiger partial charge in [0.15, 0.2) is 0 Å². The maximum atomic E-state index is 6.77. The van der Waals surface area contributed by atoms with E-state index in [1.165, 1.54) is 15.6 Å². The van der Waals surface area contributed by atoms with Crippen molar-refractivity contribution in [1.82, 2.24) is 0 Å². The molecule has 0 bridgehead atoms. The van der Waals surface area contributed by atoms with Gasteiger partial charge < -0.3 is 4.74 Å². The van der Waals surface area contributed by atoms with Crippen molar-refractivity contribution in [2.75, 3.05) is 6.61 Å². The van der Waals surface area contributed by atoms with Crippen molar-refractivity contribution in [2.45, 2.75) is 31.2 Å². The van der Waals surface area contributed by atoms with Gasteiger partial charge in [0.05, 0.1) is 11.5 Å². The smallest absolute Gasteiger partial charge is 0.0653 e. The Morgan fingerprint density at radius 3 is 3.16 bits per heavy atom. The zero-order valence-corrected chi connectivity index (χ0v) is 13.9. The summed E-state index contributed by atoms with van der Waals surface area (Å²) >= 11 is 12.1. The van der Waals surface area contributed by atoms with Gasteiger partial charge in [-0.05, 0) is 51.2 Å². The predicted molar refractivity (Wildman–Crippen MR) is 86.3 cm³/mol. The van der Waals surface area contributed by atoms with Crippen LogP contribution in [0.25, 0.3) is 10.1 Å². The van der Waals surface area contributed by atoms with Gasteiger partial charge in [0.2, 0.25) is 0 Å². The highest BCUT2D eigenvalue weighted by atomic mass is 79.9. The molecule has 4 heteroatoms. The first-order chi connectivity index (χ1) is 9.22. The van der Waals surface area contributed by atoms with Gasteiger partial charge in [0, 0.05) is 21.7 Å². The molecule has 102 valence electrons. The van der Waals surface area contributed by atoms with Crippen LogP contribution < -0.4 is 0 Å². The van der Waals surface area contributed by atoms with Crippen LogP contribution in [0.4, 0.5) is 0 Å². The van der Waals surface area contributed by atoms with Crippen molar-refractivity contribution in [3.05, 3.63) is 33.6 Å². The molecule has 0 saturated carbocycles. The van der Waals surface area contributed by atoms with Crippen molar-refractivity contribution >= 4 is 49.0 Å². The van der Waals surface area contributed by atoms with E-state index in [0.29, 0.717) is 12.0 Å². The number of benzene rings is 1. The maximum absolute atomic E-state index is 6.77. The quantitative estimate of drug-likeness (QED) is 0.633. The van der Waals surface area contributed by atoms with Gasteiger partial charge in [-0.15, -0.1) is 22.9 Å². The normalized spacial score (nSPS) is 25.0. The van der Waals surface area contributed by atoms with E-state index in [9.17, 15) is 0 Å².